The average molecular weight is 397 g/mol. The lowest BCUT2D eigenvalue weighted by Crippen LogP contribution is -2.57. The number of ether oxygens (including phenoxy) is 2. The molecule has 8 heteroatoms. The van der Waals surface area contributed by atoms with E-state index in [0.29, 0.717) is 36.4 Å². The van der Waals surface area contributed by atoms with Gasteiger partial charge in [0.2, 0.25) is 10.9 Å². The van der Waals surface area contributed by atoms with Crippen molar-refractivity contribution in [3.63, 3.8) is 0 Å². The molecule has 5 rings (SSSR count). The van der Waals surface area contributed by atoms with Crippen LogP contribution in [-0.4, -0.2) is 51.1 Å². The Morgan fingerprint density at radius 2 is 1.93 bits per heavy atom. The minimum absolute atomic E-state index is 0.0625. The summed E-state index contributed by atoms with van der Waals surface area (Å²) in [5, 5.41) is -0.225. The van der Waals surface area contributed by atoms with Crippen LogP contribution in [0, 0.1) is 23.2 Å². The number of esters is 1. The molecule has 0 N–H and O–H groups in total. The van der Waals surface area contributed by atoms with Gasteiger partial charge in [0.15, 0.2) is 0 Å². The third kappa shape index (κ3) is 3.11. The maximum absolute atomic E-state index is 12.6. The largest absolute Gasteiger partial charge is 0.456 e. The van der Waals surface area contributed by atoms with Crippen LogP contribution in [0.4, 0.5) is 0 Å². The van der Waals surface area contributed by atoms with E-state index in [-0.39, 0.29) is 30.0 Å². The van der Waals surface area contributed by atoms with Crippen LogP contribution in [-0.2, 0) is 19.5 Å². The van der Waals surface area contributed by atoms with Gasteiger partial charge in [-0.05, 0) is 48.1 Å². The standard InChI is InChI=1S/C19H27NO6S/c1-12-14-10-13(19(14,2)3)11-16(12)26-18(21)15-4-5-17(25-15)27(22,23)20-6-8-24-9-7-20/h4-5,12-14,16H,6-11H2,1-3H3/t12-,13-,14+,16-/m0/s1. The van der Waals surface area contributed by atoms with Crippen molar-refractivity contribution in [1.29, 1.82) is 0 Å². The summed E-state index contributed by atoms with van der Waals surface area (Å²) in [5.74, 6) is 0.774. The second-order valence-electron chi connectivity index (χ2n) is 8.53. The molecule has 0 radical (unpaired) electrons. The summed E-state index contributed by atoms with van der Waals surface area (Å²) in [5.41, 5.74) is 0.312. The van der Waals surface area contributed by atoms with Crippen molar-refractivity contribution in [2.45, 2.75) is 44.8 Å². The van der Waals surface area contributed by atoms with Gasteiger partial charge in [-0.2, -0.15) is 4.31 Å². The minimum Gasteiger partial charge on any atom is -0.456 e. The number of furan rings is 1. The highest BCUT2D eigenvalue weighted by Gasteiger charge is 2.57. The van der Waals surface area contributed by atoms with Gasteiger partial charge in [-0.1, -0.05) is 20.8 Å². The highest BCUT2D eigenvalue weighted by Crippen LogP contribution is 2.61. The first kappa shape index (κ1) is 19.0. The van der Waals surface area contributed by atoms with Crippen molar-refractivity contribution < 1.29 is 27.1 Å². The lowest BCUT2D eigenvalue weighted by molar-refractivity contribution is -0.157. The Bertz CT molecular complexity index is 823. The first-order valence-corrected chi connectivity index (χ1v) is 11.0. The number of nitrogens with zero attached hydrogens (tertiary/aromatic N) is 1. The number of morpholine rings is 1. The normalized spacial score (nSPS) is 33.3. The predicted octanol–water partition coefficient (Wildman–Crippen LogP) is 2.53. The Balaban J connectivity index is 1.44. The third-order valence-electron chi connectivity index (χ3n) is 6.89. The second-order valence-corrected chi connectivity index (χ2v) is 10.4. The van der Waals surface area contributed by atoms with Crippen LogP contribution in [0.3, 0.4) is 0 Å². The number of carbonyl (C=O) groups excluding carboxylic acids is 1. The van der Waals surface area contributed by atoms with Gasteiger partial charge in [0.25, 0.3) is 10.0 Å². The SMILES string of the molecule is C[C@@H]1[C@@H](OC(=O)c2ccc(S(=O)(=O)N3CCOCC3)o2)C[C@@H]2C[C@H]1C2(C)C. The van der Waals surface area contributed by atoms with Gasteiger partial charge in [0.05, 0.1) is 13.2 Å². The number of hydrogen-bond donors (Lipinski definition) is 0. The molecule has 0 amide bonds. The Morgan fingerprint density at radius 1 is 1.22 bits per heavy atom. The van der Waals surface area contributed by atoms with Gasteiger partial charge >= 0.3 is 5.97 Å². The fraction of sp³-hybridized carbons (Fsp3) is 0.737. The zero-order valence-corrected chi connectivity index (χ0v) is 16.8. The van der Waals surface area contributed by atoms with Crippen LogP contribution in [0.5, 0.6) is 0 Å². The Labute approximate surface area is 160 Å². The molecule has 1 aromatic rings. The molecule has 1 aliphatic heterocycles. The molecule has 0 aromatic carbocycles. The lowest BCUT2D eigenvalue weighted by Gasteiger charge is -2.61. The molecule has 4 fully saturated rings. The molecule has 0 spiro atoms. The number of hydrogen-bond acceptors (Lipinski definition) is 6. The Morgan fingerprint density at radius 3 is 2.56 bits per heavy atom. The summed E-state index contributed by atoms with van der Waals surface area (Å²) in [6.07, 6.45) is 1.92. The molecule has 4 atom stereocenters. The summed E-state index contributed by atoms with van der Waals surface area (Å²) in [4.78, 5) is 12.5. The van der Waals surface area contributed by atoms with E-state index in [4.69, 9.17) is 13.9 Å². The Kier molecular flexibility index (Phi) is 4.63. The molecule has 7 nitrogen and oxygen atoms in total. The summed E-state index contributed by atoms with van der Waals surface area (Å²) in [7, 11) is -3.76. The van der Waals surface area contributed by atoms with E-state index in [1.807, 2.05) is 0 Å². The van der Waals surface area contributed by atoms with Gasteiger partial charge < -0.3 is 13.9 Å². The van der Waals surface area contributed by atoms with Gasteiger partial charge in [-0.25, -0.2) is 13.2 Å². The van der Waals surface area contributed by atoms with Crippen LogP contribution in [0.15, 0.2) is 21.6 Å². The number of fused-ring (bicyclic) bond motifs is 2. The van der Waals surface area contributed by atoms with Crippen molar-refractivity contribution >= 4 is 16.0 Å². The summed E-state index contributed by atoms with van der Waals surface area (Å²) < 4.78 is 42.8. The molecule has 0 unspecified atom stereocenters. The van der Waals surface area contributed by atoms with Crippen molar-refractivity contribution in [3.05, 3.63) is 17.9 Å². The van der Waals surface area contributed by atoms with Crippen LogP contribution >= 0.6 is 0 Å². The van der Waals surface area contributed by atoms with Crippen LogP contribution < -0.4 is 0 Å². The number of sulfonamides is 1. The zero-order valence-electron chi connectivity index (χ0n) is 16.0. The highest BCUT2D eigenvalue weighted by molar-refractivity contribution is 7.89. The van der Waals surface area contributed by atoms with E-state index >= 15 is 0 Å². The zero-order chi connectivity index (χ0) is 19.4. The summed E-state index contributed by atoms with van der Waals surface area (Å²) in [6, 6.07) is 2.71. The Hall–Kier alpha value is -1.38. The van der Waals surface area contributed by atoms with Gasteiger partial charge in [0.1, 0.15) is 6.10 Å². The second kappa shape index (κ2) is 6.60. The fourth-order valence-electron chi connectivity index (χ4n) is 4.94. The topological polar surface area (TPSA) is 86.1 Å². The molecule has 2 heterocycles. The van der Waals surface area contributed by atoms with Gasteiger partial charge in [0, 0.05) is 13.1 Å². The lowest BCUT2D eigenvalue weighted by atomic mass is 9.45. The van der Waals surface area contributed by atoms with Crippen LogP contribution in [0.25, 0.3) is 0 Å². The smallest absolute Gasteiger partial charge is 0.374 e. The van der Waals surface area contributed by atoms with Crippen molar-refractivity contribution in [2.24, 2.45) is 23.2 Å². The summed E-state index contributed by atoms with van der Waals surface area (Å²) >= 11 is 0. The van der Waals surface area contributed by atoms with Gasteiger partial charge in [-0.3, -0.25) is 0 Å². The van der Waals surface area contributed by atoms with E-state index in [1.54, 1.807) is 0 Å². The molecular weight excluding hydrogens is 370 g/mol. The van der Waals surface area contributed by atoms with Crippen molar-refractivity contribution in [3.8, 4) is 0 Å². The summed E-state index contributed by atoms with van der Waals surface area (Å²) in [6.45, 7) is 7.98. The van der Waals surface area contributed by atoms with Crippen LogP contribution in [0.2, 0.25) is 0 Å². The molecule has 3 aliphatic carbocycles. The molecule has 2 bridgehead atoms. The molecular formula is C19H27NO6S. The molecule has 27 heavy (non-hydrogen) atoms. The first-order valence-electron chi connectivity index (χ1n) is 9.60. The van der Waals surface area contributed by atoms with E-state index in [0.717, 1.165) is 6.42 Å². The molecule has 1 saturated heterocycles. The average Bonchev–Trinajstić information content (AvgIpc) is 3.14. The monoisotopic (exact) mass is 397 g/mol. The van der Waals surface area contributed by atoms with Gasteiger partial charge in [-0.15, -0.1) is 0 Å². The van der Waals surface area contributed by atoms with Crippen molar-refractivity contribution in [2.75, 3.05) is 26.3 Å². The highest BCUT2D eigenvalue weighted by atomic mass is 32.2. The quantitative estimate of drug-likeness (QED) is 0.726. The van der Waals surface area contributed by atoms with Crippen LogP contribution in [0.1, 0.15) is 44.2 Å². The molecule has 3 saturated carbocycles. The number of rotatable bonds is 4. The molecule has 150 valence electrons. The van der Waals surface area contributed by atoms with E-state index in [1.165, 1.54) is 22.9 Å². The first-order chi connectivity index (χ1) is 12.7. The van der Waals surface area contributed by atoms with E-state index in [2.05, 4.69) is 20.8 Å². The predicted molar refractivity (Wildman–Crippen MR) is 96.6 cm³/mol. The molecule has 1 aromatic heterocycles. The van der Waals surface area contributed by atoms with E-state index < -0.39 is 16.0 Å². The maximum atomic E-state index is 12.6. The van der Waals surface area contributed by atoms with Crippen molar-refractivity contribution in [1.82, 2.24) is 4.31 Å². The third-order valence-corrected chi connectivity index (χ3v) is 8.66. The number of carbonyl (C=O) groups is 1. The van der Waals surface area contributed by atoms with E-state index in [9.17, 15) is 13.2 Å². The molecule has 4 aliphatic rings. The fourth-order valence-corrected chi connectivity index (χ4v) is 6.26. The maximum Gasteiger partial charge on any atom is 0.374 e. The minimum atomic E-state index is -3.76.